The largest absolute Gasteiger partial charge is 0.484 e. The molecule has 0 aliphatic carbocycles. The minimum atomic E-state index is -0.556. The number of halogens is 1. The van der Waals surface area contributed by atoms with Gasteiger partial charge in [0.1, 0.15) is 11.8 Å². The molecule has 6 heteroatoms. The van der Waals surface area contributed by atoms with Gasteiger partial charge in [-0.2, -0.15) is 0 Å². The zero-order valence-electron chi connectivity index (χ0n) is 17.5. The van der Waals surface area contributed by atoms with Gasteiger partial charge in [0.15, 0.2) is 6.61 Å². The molecular formula is C23H29ClN2O3. The Morgan fingerprint density at radius 1 is 1.10 bits per heavy atom. The molecule has 2 aromatic carbocycles. The zero-order chi connectivity index (χ0) is 21.4. The van der Waals surface area contributed by atoms with Crippen molar-refractivity contribution in [2.45, 2.75) is 46.7 Å². The Kier molecular flexibility index (Phi) is 8.52. The van der Waals surface area contributed by atoms with Gasteiger partial charge in [0.25, 0.3) is 5.91 Å². The van der Waals surface area contributed by atoms with Gasteiger partial charge >= 0.3 is 0 Å². The van der Waals surface area contributed by atoms with Crippen molar-refractivity contribution in [3.63, 3.8) is 0 Å². The standard InChI is InChI=1S/C23H29ClN2O3/c1-5-20(23(28)25-6-2)26(14-18-10-8-7-9-11-18)21(27)15-29-19-12-16(3)22(24)17(4)13-19/h7-13,20H,5-6,14-15H2,1-4H3,(H,25,28). The lowest BCUT2D eigenvalue weighted by molar-refractivity contribution is -0.142. The van der Waals surface area contributed by atoms with E-state index in [2.05, 4.69) is 5.32 Å². The lowest BCUT2D eigenvalue weighted by Crippen LogP contribution is -2.50. The van der Waals surface area contributed by atoms with Crippen LogP contribution in [-0.2, 0) is 16.1 Å². The summed E-state index contributed by atoms with van der Waals surface area (Å²) in [5.74, 6) is 0.193. The first-order chi connectivity index (χ1) is 13.9. The second-order valence-electron chi connectivity index (χ2n) is 6.99. The van der Waals surface area contributed by atoms with E-state index in [4.69, 9.17) is 16.3 Å². The first-order valence-corrected chi connectivity index (χ1v) is 10.3. The fourth-order valence-electron chi connectivity index (χ4n) is 3.21. The maximum Gasteiger partial charge on any atom is 0.261 e. The summed E-state index contributed by atoms with van der Waals surface area (Å²) in [4.78, 5) is 27.2. The number of nitrogens with one attached hydrogen (secondary N) is 1. The van der Waals surface area contributed by atoms with E-state index in [0.717, 1.165) is 16.7 Å². The molecule has 5 nitrogen and oxygen atoms in total. The van der Waals surface area contributed by atoms with Gasteiger partial charge in [0, 0.05) is 18.1 Å². The summed E-state index contributed by atoms with van der Waals surface area (Å²) in [5, 5.41) is 3.52. The first-order valence-electron chi connectivity index (χ1n) is 9.88. The SMILES string of the molecule is CCNC(=O)C(CC)N(Cc1ccccc1)C(=O)COc1cc(C)c(Cl)c(C)c1. The van der Waals surface area contributed by atoms with Crippen LogP contribution >= 0.6 is 11.6 Å². The lowest BCUT2D eigenvalue weighted by Gasteiger charge is -2.30. The van der Waals surface area contributed by atoms with Crippen molar-refractivity contribution in [2.24, 2.45) is 0 Å². The molecule has 0 aliphatic heterocycles. The minimum absolute atomic E-state index is 0.150. The van der Waals surface area contributed by atoms with E-state index in [-0.39, 0.29) is 18.4 Å². The number of nitrogens with zero attached hydrogens (tertiary/aromatic N) is 1. The molecule has 1 unspecified atom stereocenters. The van der Waals surface area contributed by atoms with Gasteiger partial charge in [-0.3, -0.25) is 9.59 Å². The molecule has 0 saturated heterocycles. The van der Waals surface area contributed by atoms with Crippen molar-refractivity contribution in [3.05, 3.63) is 64.2 Å². The smallest absolute Gasteiger partial charge is 0.261 e. The Balaban J connectivity index is 2.20. The highest BCUT2D eigenvalue weighted by molar-refractivity contribution is 6.32. The Morgan fingerprint density at radius 2 is 1.72 bits per heavy atom. The van der Waals surface area contributed by atoms with Crippen LogP contribution in [0.25, 0.3) is 0 Å². The molecule has 0 heterocycles. The maximum absolute atomic E-state index is 13.1. The van der Waals surface area contributed by atoms with E-state index in [0.29, 0.717) is 30.3 Å². The van der Waals surface area contributed by atoms with Crippen LogP contribution in [-0.4, -0.2) is 35.9 Å². The normalized spacial score (nSPS) is 11.6. The first kappa shape index (κ1) is 22.8. The maximum atomic E-state index is 13.1. The summed E-state index contributed by atoms with van der Waals surface area (Å²) in [7, 11) is 0. The number of amides is 2. The topological polar surface area (TPSA) is 58.6 Å². The quantitative estimate of drug-likeness (QED) is 0.663. The molecule has 0 bridgehead atoms. The van der Waals surface area contributed by atoms with Gasteiger partial charge in [-0.15, -0.1) is 0 Å². The number of benzene rings is 2. The van der Waals surface area contributed by atoms with Crippen LogP contribution in [0.4, 0.5) is 0 Å². The van der Waals surface area contributed by atoms with Crippen molar-refractivity contribution in [1.29, 1.82) is 0 Å². The summed E-state index contributed by atoms with van der Waals surface area (Å²) in [6.07, 6.45) is 0.517. The van der Waals surface area contributed by atoms with Crippen LogP contribution in [0.1, 0.15) is 37.0 Å². The molecule has 2 amide bonds. The summed E-state index contributed by atoms with van der Waals surface area (Å²) in [6.45, 7) is 8.27. The molecule has 0 spiro atoms. The van der Waals surface area contributed by atoms with Gasteiger partial charge in [-0.05, 0) is 56.0 Å². The molecule has 0 fully saturated rings. The summed E-state index contributed by atoms with van der Waals surface area (Å²) in [5.41, 5.74) is 2.75. The van der Waals surface area contributed by atoms with Crippen LogP contribution < -0.4 is 10.1 Å². The summed E-state index contributed by atoms with van der Waals surface area (Å²) < 4.78 is 5.76. The number of rotatable bonds is 9. The lowest BCUT2D eigenvalue weighted by atomic mass is 10.1. The third kappa shape index (κ3) is 6.23. The van der Waals surface area contributed by atoms with Crippen LogP contribution in [0.15, 0.2) is 42.5 Å². The van der Waals surface area contributed by atoms with E-state index in [9.17, 15) is 9.59 Å². The number of hydrogen-bond acceptors (Lipinski definition) is 3. The third-order valence-electron chi connectivity index (χ3n) is 4.70. The van der Waals surface area contributed by atoms with E-state index >= 15 is 0 Å². The van der Waals surface area contributed by atoms with Crippen LogP contribution in [0.3, 0.4) is 0 Å². The van der Waals surface area contributed by atoms with E-state index in [1.54, 1.807) is 4.90 Å². The number of hydrogen-bond donors (Lipinski definition) is 1. The zero-order valence-corrected chi connectivity index (χ0v) is 18.3. The van der Waals surface area contributed by atoms with Crippen molar-refractivity contribution < 1.29 is 14.3 Å². The average Bonchev–Trinajstić information content (AvgIpc) is 2.71. The molecule has 0 aromatic heterocycles. The molecule has 1 N–H and O–H groups in total. The molecule has 1 atom stereocenters. The van der Waals surface area contributed by atoms with Gasteiger partial charge in [-0.1, -0.05) is 48.9 Å². The number of aryl methyl sites for hydroxylation is 2. The van der Waals surface area contributed by atoms with E-state index in [1.807, 2.05) is 70.2 Å². The second-order valence-corrected chi connectivity index (χ2v) is 7.36. The minimum Gasteiger partial charge on any atom is -0.484 e. The number of carbonyl (C=O) groups is 2. The van der Waals surface area contributed by atoms with Crippen LogP contribution in [0, 0.1) is 13.8 Å². The molecule has 156 valence electrons. The highest BCUT2D eigenvalue weighted by atomic mass is 35.5. The fourth-order valence-corrected chi connectivity index (χ4v) is 3.32. The predicted molar refractivity (Wildman–Crippen MR) is 116 cm³/mol. The van der Waals surface area contributed by atoms with Gasteiger partial charge in [0.05, 0.1) is 0 Å². The Bertz CT molecular complexity index is 816. The van der Waals surface area contributed by atoms with E-state index in [1.165, 1.54) is 0 Å². The summed E-state index contributed by atoms with van der Waals surface area (Å²) >= 11 is 6.20. The van der Waals surface area contributed by atoms with Gasteiger partial charge < -0.3 is 15.0 Å². The number of carbonyl (C=O) groups excluding carboxylic acids is 2. The van der Waals surface area contributed by atoms with Crippen molar-refractivity contribution in [1.82, 2.24) is 10.2 Å². The Hall–Kier alpha value is -2.53. The van der Waals surface area contributed by atoms with Crippen molar-refractivity contribution in [2.75, 3.05) is 13.2 Å². The van der Waals surface area contributed by atoms with Gasteiger partial charge in [-0.25, -0.2) is 0 Å². The van der Waals surface area contributed by atoms with Crippen molar-refractivity contribution in [3.8, 4) is 5.75 Å². The molecule has 2 aromatic rings. The van der Waals surface area contributed by atoms with E-state index < -0.39 is 6.04 Å². The van der Waals surface area contributed by atoms with Crippen LogP contribution in [0.5, 0.6) is 5.75 Å². The highest BCUT2D eigenvalue weighted by Crippen LogP contribution is 2.26. The Morgan fingerprint density at radius 3 is 2.28 bits per heavy atom. The molecule has 0 radical (unpaired) electrons. The molecular weight excluding hydrogens is 388 g/mol. The van der Waals surface area contributed by atoms with Crippen LogP contribution in [0.2, 0.25) is 5.02 Å². The number of likely N-dealkylation sites (N-methyl/N-ethyl adjacent to an activating group) is 1. The van der Waals surface area contributed by atoms with Gasteiger partial charge in [0.2, 0.25) is 5.91 Å². The average molecular weight is 417 g/mol. The molecule has 29 heavy (non-hydrogen) atoms. The molecule has 2 rings (SSSR count). The predicted octanol–water partition coefficient (Wildman–Crippen LogP) is 4.28. The summed E-state index contributed by atoms with van der Waals surface area (Å²) in [6, 6.07) is 12.7. The third-order valence-corrected chi connectivity index (χ3v) is 5.30. The molecule has 0 aliphatic rings. The number of ether oxygens (including phenoxy) is 1. The second kappa shape index (κ2) is 10.9. The van der Waals surface area contributed by atoms with Crippen molar-refractivity contribution >= 4 is 23.4 Å². The fraction of sp³-hybridized carbons (Fsp3) is 0.391. The Labute approximate surface area is 178 Å². The molecule has 0 saturated carbocycles. The monoisotopic (exact) mass is 416 g/mol. The highest BCUT2D eigenvalue weighted by Gasteiger charge is 2.28.